The number of nitrogens with zero attached hydrogens (tertiary/aromatic N) is 1. The zero-order valence-corrected chi connectivity index (χ0v) is 14.4. The first-order valence-electron chi connectivity index (χ1n) is 8.34. The number of hydrogen-bond acceptors (Lipinski definition) is 2. The fraction of sp³-hybridized carbons (Fsp3) is 0.611. The smallest absolute Gasteiger partial charge is 0.225 e. The molecule has 4 unspecified atom stereocenters. The van der Waals surface area contributed by atoms with Crippen molar-refractivity contribution in [3.63, 3.8) is 0 Å². The van der Waals surface area contributed by atoms with Crippen molar-refractivity contribution in [2.45, 2.75) is 38.6 Å². The minimum atomic E-state index is -0.177. The zero-order chi connectivity index (χ0) is 15.7. The molecule has 1 aromatic carbocycles. The minimum absolute atomic E-state index is 0. The maximum absolute atomic E-state index is 13.6. The van der Waals surface area contributed by atoms with Crippen LogP contribution in [0.2, 0.25) is 0 Å². The van der Waals surface area contributed by atoms with Crippen molar-refractivity contribution in [2.24, 2.45) is 23.5 Å². The summed E-state index contributed by atoms with van der Waals surface area (Å²) < 4.78 is 13.6. The molecule has 1 aliphatic carbocycles. The second-order valence-electron chi connectivity index (χ2n) is 6.94. The third-order valence-corrected chi connectivity index (χ3v) is 5.45. The van der Waals surface area contributed by atoms with Crippen molar-refractivity contribution in [1.82, 2.24) is 4.90 Å². The van der Waals surface area contributed by atoms with Crippen LogP contribution in [0.5, 0.6) is 0 Å². The molecule has 1 heterocycles. The molecule has 1 saturated carbocycles. The maximum atomic E-state index is 13.6. The fourth-order valence-electron chi connectivity index (χ4n) is 4.00. The number of carbonyl (C=O) groups excluding carboxylic acids is 1. The Balaban J connectivity index is 0.00000192. The largest absolute Gasteiger partial charge is 0.342 e. The van der Waals surface area contributed by atoms with Crippen LogP contribution in [-0.4, -0.2) is 29.9 Å². The number of aryl methyl sites for hydroxylation is 1. The Morgan fingerprint density at radius 3 is 2.78 bits per heavy atom. The Bertz CT molecular complexity index is 554. The van der Waals surface area contributed by atoms with Crippen molar-refractivity contribution >= 4 is 18.3 Å². The van der Waals surface area contributed by atoms with Gasteiger partial charge in [-0.15, -0.1) is 12.4 Å². The first-order chi connectivity index (χ1) is 10.6. The fourth-order valence-corrected chi connectivity index (χ4v) is 4.00. The predicted molar refractivity (Wildman–Crippen MR) is 91.9 cm³/mol. The third-order valence-electron chi connectivity index (χ3n) is 5.45. The Labute approximate surface area is 143 Å². The quantitative estimate of drug-likeness (QED) is 0.915. The monoisotopic (exact) mass is 340 g/mol. The first kappa shape index (κ1) is 18.2. The summed E-state index contributed by atoms with van der Waals surface area (Å²) in [5.41, 5.74) is 6.83. The number of likely N-dealkylation sites (tertiary alicyclic amines) is 1. The number of halogens is 2. The van der Waals surface area contributed by atoms with Crippen molar-refractivity contribution < 1.29 is 9.18 Å². The van der Waals surface area contributed by atoms with E-state index in [0.717, 1.165) is 25.9 Å². The highest BCUT2D eigenvalue weighted by atomic mass is 35.5. The van der Waals surface area contributed by atoms with Gasteiger partial charge in [-0.25, -0.2) is 4.39 Å². The summed E-state index contributed by atoms with van der Waals surface area (Å²) in [4.78, 5) is 14.6. The van der Waals surface area contributed by atoms with E-state index in [2.05, 4.69) is 0 Å². The van der Waals surface area contributed by atoms with Crippen LogP contribution < -0.4 is 5.73 Å². The molecule has 128 valence electrons. The van der Waals surface area contributed by atoms with E-state index in [1.807, 2.05) is 17.9 Å². The van der Waals surface area contributed by atoms with Gasteiger partial charge in [-0.2, -0.15) is 0 Å². The second-order valence-corrected chi connectivity index (χ2v) is 6.94. The minimum Gasteiger partial charge on any atom is -0.342 e. The summed E-state index contributed by atoms with van der Waals surface area (Å²) in [5.74, 6) is 1.05. The van der Waals surface area contributed by atoms with Gasteiger partial charge < -0.3 is 10.6 Å². The molecular formula is C18H26ClFN2O. The average Bonchev–Trinajstić information content (AvgIpc) is 3.08. The summed E-state index contributed by atoms with van der Waals surface area (Å²) in [7, 11) is 0. The Morgan fingerprint density at radius 1 is 1.35 bits per heavy atom. The van der Waals surface area contributed by atoms with E-state index in [1.54, 1.807) is 12.1 Å². The van der Waals surface area contributed by atoms with E-state index in [1.165, 1.54) is 6.07 Å². The number of carbonyl (C=O) groups is 1. The van der Waals surface area contributed by atoms with Crippen molar-refractivity contribution in [3.8, 4) is 0 Å². The van der Waals surface area contributed by atoms with E-state index < -0.39 is 0 Å². The molecule has 0 spiro atoms. The SMILES string of the molecule is CC(CCc1ccccc1F)C(=O)N1CC2CCC(N)C2C1.Cl. The van der Waals surface area contributed by atoms with Crippen molar-refractivity contribution in [1.29, 1.82) is 0 Å². The number of nitrogens with two attached hydrogens (primary N) is 1. The summed E-state index contributed by atoms with van der Waals surface area (Å²) in [5, 5.41) is 0. The highest BCUT2D eigenvalue weighted by molar-refractivity contribution is 5.85. The molecule has 23 heavy (non-hydrogen) atoms. The zero-order valence-electron chi connectivity index (χ0n) is 13.6. The molecule has 1 saturated heterocycles. The molecule has 3 rings (SSSR count). The molecule has 1 aromatic rings. The van der Waals surface area contributed by atoms with Crippen LogP contribution in [0.25, 0.3) is 0 Å². The summed E-state index contributed by atoms with van der Waals surface area (Å²) in [6, 6.07) is 7.07. The molecule has 3 nitrogen and oxygen atoms in total. The third kappa shape index (κ3) is 3.86. The number of rotatable bonds is 4. The lowest BCUT2D eigenvalue weighted by Gasteiger charge is -2.22. The summed E-state index contributed by atoms with van der Waals surface area (Å²) >= 11 is 0. The highest BCUT2D eigenvalue weighted by Crippen LogP contribution is 2.37. The van der Waals surface area contributed by atoms with Gasteiger partial charge in [0.2, 0.25) is 5.91 Å². The van der Waals surface area contributed by atoms with Gasteiger partial charge in [-0.3, -0.25) is 4.79 Å². The first-order valence-corrected chi connectivity index (χ1v) is 8.34. The van der Waals surface area contributed by atoms with E-state index in [4.69, 9.17) is 5.73 Å². The van der Waals surface area contributed by atoms with Gasteiger partial charge in [-0.1, -0.05) is 25.1 Å². The van der Waals surface area contributed by atoms with E-state index in [0.29, 0.717) is 30.2 Å². The van der Waals surface area contributed by atoms with E-state index >= 15 is 0 Å². The highest BCUT2D eigenvalue weighted by Gasteiger charge is 2.42. The Kier molecular flexibility index (Phi) is 6.04. The van der Waals surface area contributed by atoms with Crippen LogP contribution in [-0.2, 0) is 11.2 Å². The van der Waals surface area contributed by atoms with Crippen LogP contribution in [0.15, 0.2) is 24.3 Å². The lowest BCUT2D eigenvalue weighted by molar-refractivity contribution is -0.134. The van der Waals surface area contributed by atoms with Gasteiger partial charge in [0.25, 0.3) is 0 Å². The van der Waals surface area contributed by atoms with E-state index in [9.17, 15) is 9.18 Å². The van der Waals surface area contributed by atoms with Crippen LogP contribution in [0.4, 0.5) is 4.39 Å². The van der Waals surface area contributed by atoms with Gasteiger partial charge in [0.05, 0.1) is 0 Å². The molecule has 1 amide bonds. The molecule has 1 aliphatic heterocycles. The average molecular weight is 341 g/mol. The Morgan fingerprint density at radius 2 is 2.09 bits per heavy atom. The normalized spacial score (nSPS) is 27.4. The van der Waals surface area contributed by atoms with Gasteiger partial charge in [-0.05, 0) is 49.1 Å². The number of amides is 1. The van der Waals surface area contributed by atoms with Crippen molar-refractivity contribution in [2.75, 3.05) is 13.1 Å². The number of hydrogen-bond donors (Lipinski definition) is 1. The molecule has 2 aliphatic rings. The van der Waals surface area contributed by atoms with Crippen molar-refractivity contribution in [3.05, 3.63) is 35.6 Å². The standard InChI is InChI=1S/C18H25FN2O.ClH/c1-12(6-7-13-4-2-3-5-16(13)19)18(22)21-10-14-8-9-17(20)15(14)11-21;/h2-5,12,14-15,17H,6-11,20H2,1H3;1H. The Hall–Kier alpha value is -1.13. The number of benzene rings is 1. The summed E-state index contributed by atoms with van der Waals surface area (Å²) in [6.07, 6.45) is 3.55. The van der Waals surface area contributed by atoms with Gasteiger partial charge in [0.15, 0.2) is 0 Å². The molecule has 2 N–H and O–H groups in total. The molecule has 0 aromatic heterocycles. The molecular weight excluding hydrogens is 315 g/mol. The van der Waals surface area contributed by atoms with Gasteiger partial charge in [0, 0.05) is 25.0 Å². The molecule has 0 bridgehead atoms. The molecule has 5 heteroatoms. The molecule has 2 fully saturated rings. The predicted octanol–water partition coefficient (Wildman–Crippen LogP) is 3.01. The van der Waals surface area contributed by atoms with Gasteiger partial charge >= 0.3 is 0 Å². The van der Waals surface area contributed by atoms with E-state index in [-0.39, 0.29) is 36.1 Å². The molecule has 0 radical (unpaired) electrons. The van der Waals surface area contributed by atoms with Gasteiger partial charge in [0.1, 0.15) is 5.82 Å². The topological polar surface area (TPSA) is 46.3 Å². The lowest BCUT2D eigenvalue weighted by atomic mass is 9.98. The summed E-state index contributed by atoms with van der Waals surface area (Å²) in [6.45, 7) is 3.63. The van der Waals surface area contributed by atoms with Crippen LogP contribution in [0.3, 0.4) is 0 Å². The second kappa shape index (κ2) is 7.63. The van der Waals surface area contributed by atoms with Crippen LogP contribution in [0.1, 0.15) is 31.7 Å². The van der Waals surface area contributed by atoms with Crippen LogP contribution >= 0.6 is 12.4 Å². The number of fused-ring (bicyclic) bond motifs is 1. The van der Waals surface area contributed by atoms with Crippen LogP contribution in [0, 0.1) is 23.6 Å². The molecule has 4 atom stereocenters. The maximum Gasteiger partial charge on any atom is 0.225 e. The lowest BCUT2D eigenvalue weighted by Crippen LogP contribution is -2.36.